The summed E-state index contributed by atoms with van der Waals surface area (Å²) in [4.78, 5) is 29.9. The number of piperazine rings is 1. The lowest BCUT2D eigenvalue weighted by molar-refractivity contribution is -0.129. The van der Waals surface area contributed by atoms with Crippen molar-refractivity contribution in [3.05, 3.63) is 71.5 Å². The van der Waals surface area contributed by atoms with Crippen molar-refractivity contribution in [1.29, 1.82) is 0 Å². The van der Waals surface area contributed by atoms with Crippen LogP contribution in [0.5, 0.6) is 0 Å². The number of aromatic nitrogens is 3. The first-order valence-corrected chi connectivity index (χ1v) is 12.8. The van der Waals surface area contributed by atoms with Crippen LogP contribution in [0.1, 0.15) is 16.1 Å². The molecule has 0 bridgehead atoms. The second kappa shape index (κ2) is 9.86. The summed E-state index contributed by atoms with van der Waals surface area (Å²) in [6.45, 7) is 4.01. The van der Waals surface area contributed by atoms with Crippen molar-refractivity contribution in [2.45, 2.75) is 12.1 Å². The van der Waals surface area contributed by atoms with Gasteiger partial charge in [0.2, 0.25) is 5.91 Å². The molecule has 3 aromatic heterocycles. The summed E-state index contributed by atoms with van der Waals surface area (Å²) in [6.07, 6.45) is 1.49. The van der Waals surface area contributed by atoms with E-state index in [0.29, 0.717) is 37.1 Å². The Balaban J connectivity index is 1.26. The average molecular weight is 494 g/mol. The van der Waals surface area contributed by atoms with E-state index in [-0.39, 0.29) is 17.6 Å². The minimum Gasteiger partial charge on any atom is -0.459 e. The summed E-state index contributed by atoms with van der Waals surface area (Å²) in [5.41, 5.74) is 2.13. The Labute approximate surface area is 205 Å². The topological polar surface area (TPSA) is 84.5 Å². The maximum atomic E-state index is 12.9. The maximum absolute atomic E-state index is 12.9. The monoisotopic (exact) mass is 493 g/mol. The van der Waals surface area contributed by atoms with Crippen molar-refractivity contribution in [3.8, 4) is 16.4 Å². The van der Waals surface area contributed by atoms with Crippen molar-refractivity contribution in [3.63, 3.8) is 0 Å². The van der Waals surface area contributed by atoms with Crippen molar-refractivity contribution in [2.24, 2.45) is 0 Å². The van der Waals surface area contributed by atoms with Crippen LogP contribution in [0.25, 0.3) is 16.4 Å². The molecule has 5 rings (SSSR count). The lowest BCUT2D eigenvalue weighted by Crippen LogP contribution is -2.51. The molecule has 0 radical (unpaired) electrons. The number of furan rings is 1. The number of carbonyl (C=O) groups is 2. The number of thioether (sulfide) groups is 1. The molecule has 34 heavy (non-hydrogen) atoms. The van der Waals surface area contributed by atoms with Gasteiger partial charge in [-0.25, -0.2) is 0 Å². The SMILES string of the molecule is Cc1ccc(-n2c(SCC(=O)N3CCN(C(=O)c4ccco4)CC3)nnc2-c2cccs2)cc1. The standard InChI is InChI=1S/C24H23N5O3S2/c1-17-6-8-18(9-7-17)29-22(20-5-3-15-33-20)25-26-24(29)34-16-21(30)27-10-12-28(13-11-27)23(31)19-4-2-14-32-19/h2-9,14-15H,10-13,16H2,1H3. The van der Waals surface area contributed by atoms with Gasteiger partial charge < -0.3 is 14.2 Å². The van der Waals surface area contributed by atoms with Gasteiger partial charge >= 0.3 is 0 Å². The first-order chi connectivity index (χ1) is 16.6. The van der Waals surface area contributed by atoms with Crippen LogP contribution < -0.4 is 0 Å². The summed E-state index contributed by atoms with van der Waals surface area (Å²) in [6, 6.07) is 15.5. The van der Waals surface area contributed by atoms with Gasteiger partial charge in [0.05, 0.1) is 16.9 Å². The van der Waals surface area contributed by atoms with E-state index in [1.54, 1.807) is 33.3 Å². The third-order valence-electron chi connectivity index (χ3n) is 5.64. The van der Waals surface area contributed by atoms with E-state index in [9.17, 15) is 9.59 Å². The maximum Gasteiger partial charge on any atom is 0.289 e. The van der Waals surface area contributed by atoms with Crippen LogP contribution in [-0.4, -0.2) is 68.3 Å². The van der Waals surface area contributed by atoms with Crippen LogP contribution in [0.2, 0.25) is 0 Å². The zero-order valence-corrected chi connectivity index (χ0v) is 20.2. The third-order valence-corrected chi connectivity index (χ3v) is 7.42. The lowest BCUT2D eigenvalue weighted by atomic mass is 10.2. The highest BCUT2D eigenvalue weighted by Gasteiger charge is 2.26. The predicted molar refractivity (Wildman–Crippen MR) is 131 cm³/mol. The molecule has 0 aliphatic carbocycles. The summed E-state index contributed by atoms with van der Waals surface area (Å²) >= 11 is 2.98. The molecule has 0 atom stereocenters. The molecule has 10 heteroatoms. The normalized spacial score (nSPS) is 13.9. The van der Waals surface area contributed by atoms with Gasteiger partial charge in [-0.2, -0.15) is 0 Å². The van der Waals surface area contributed by atoms with Gasteiger partial charge in [-0.15, -0.1) is 21.5 Å². The van der Waals surface area contributed by atoms with Crippen LogP contribution in [-0.2, 0) is 4.79 Å². The summed E-state index contributed by atoms with van der Waals surface area (Å²) in [5, 5.41) is 11.5. The molecule has 1 saturated heterocycles. The second-order valence-electron chi connectivity index (χ2n) is 7.89. The van der Waals surface area contributed by atoms with Gasteiger partial charge in [-0.1, -0.05) is 35.5 Å². The zero-order chi connectivity index (χ0) is 23.5. The molecule has 0 saturated carbocycles. The molecule has 0 spiro atoms. The lowest BCUT2D eigenvalue weighted by Gasteiger charge is -2.34. The number of rotatable bonds is 6. The Kier molecular flexibility index (Phi) is 6.50. The highest BCUT2D eigenvalue weighted by atomic mass is 32.2. The van der Waals surface area contributed by atoms with Gasteiger partial charge in [0.15, 0.2) is 16.7 Å². The molecule has 0 unspecified atom stereocenters. The third kappa shape index (κ3) is 4.64. The van der Waals surface area contributed by atoms with Crippen LogP contribution in [0.15, 0.2) is 69.7 Å². The molecule has 0 N–H and O–H groups in total. The number of nitrogens with zero attached hydrogens (tertiary/aromatic N) is 5. The Morgan fingerprint density at radius 1 is 1.00 bits per heavy atom. The molecule has 174 valence electrons. The largest absolute Gasteiger partial charge is 0.459 e. The van der Waals surface area contributed by atoms with E-state index in [2.05, 4.69) is 22.3 Å². The van der Waals surface area contributed by atoms with Crippen molar-refractivity contribution < 1.29 is 14.0 Å². The minimum absolute atomic E-state index is 0.0197. The number of benzene rings is 1. The Bertz CT molecular complexity index is 1260. The summed E-state index contributed by atoms with van der Waals surface area (Å²) in [5.74, 6) is 1.22. The number of aryl methyl sites for hydroxylation is 1. The average Bonchev–Trinajstić information content (AvgIpc) is 3.64. The molecule has 4 heterocycles. The van der Waals surface area contributed by atoms with Gasteiger partial charge in [-0.05, 0) is 42.6 Å². The van der Waals surface area contributed by atoms with E-state index < -0.39 is 0 Å². The van der Waals surface area contributed by atoms with Crippen LogP contribution in [0, 0.1) is 6.92 Å². The van der Waals surface area contributed by atoms with Crippen LogP contribution in [0.3, 0.4) is 0 Å². The minimum atomic E-state index is -0.140. The molecule has 1 fully saturated rings. The van der Waals surface area contributed by atoms with E-state index in [0.717, 1.165) is 16.4 Å². The van der Waals surface area contributed by atoms with Gasteiger partial charge in [0.1, 0.15) is 0 Å². The summed E-state index contributed by atoms with van der Waals surface area (Å²) in [7, 11) is 0. The number of hydrogen-bond acceptors (Lipinski definition) is 7. The van der Waals surface area contributed by atoms with Gasteiger partial charge in [-0.3, -0.25) is 14.2 Å². The van der Waals surface area contributed by atoms with E-state index >= 15 is 0 Å². The molecule has 1 aliphatic heterocycles. The van der Waals surface area contributed by atoms with Crippen molar-refractivity contribution in [2.75, 3.05) is 31.9 Å². The van der Waals surface area contributed by atoms with E-state index in [4.69, 9.17) is 4.42 Å². The Morgan fingerprint density at radius 3 is 2.44 bits per heavy atom. The number of carbonyl (C=O) groups excluding carboxylic acids is 2. The number of amides is 2. The predicted octanol–water partition coefficient (Wildman–Crippen LogP) is 3.97. The highest BCUT2D eigenvalue weighted by Crippen LogP contribution is 2.30. The molecule has 4 aromatic rings. The highest BCUT2D eigenvalue weighted by molar-refractivity contribution is 7.99. The Hall–Kier alpha value is -3.37. The Morgan fingerprint density at radius 2 is 1.76 bits per heavy atom. The first-order valence-electron chi connectivity index (χ1n) is 10.9. The molecular formula is C24H23N5O3S2. The fraction of sp³-hybridized carbons (Fsp3) is 0.250. The van der Waals surface area contributed by atoms with Crippen molar-refractivity contribution in [1.82, 2.24) is 24.6 Å². The molecular weight excluding hydrogens is 470 g/mol. The van der Waals surface area contributed by atoms with Crippen LogP contribution in [0.4, 0.5) is 0 Å². The number of hydrogen-bond donors (Lipinski definition) is 0. The fourth-order valence-corrected chi connectivity index (χ4v) is 5.34. The molecule has 1 aromatic carbocycles. The molecule has 2 amide bonds. The first kappa shape index (κ1) is 22.4. The van der Waals surface area contributed by atoms with Gasteiger partial charge in [0, 0.05) is 31.9 Å². The van der Waals surface area contributed by atoms with Crippen LogP contribution >= 0.6 is 23.1 Å². The summed E-state index contributed by atoms with van der Waals surface area (Å²) < 4.78 is 7.21. The van der Waals surface area contributed by atoms with E-state index in [1.165, 1.54) is 23.6 Å². The van der Waals surface area contributed by atoms with E-state index in [1.807, 2.05) is 41.1 Å². The fourth-order valence-electron chi connectivity index (χ4n) is 3.79. The smallest absolute Gasteiger partial charge is 0.289 e. The number of thiophene rings is 1. The van der Waals surface area contributed by atoms with Gasteiger partial charge in [0.25, 0.3) is 5.91 Å². The molecule has 1 aliphatic rings. The molecule has 8 nitrogen and oxygen atoms in total. The van der Waals surface area contributed by atoms with Crippen molar-refractivity contribution >= 4 is 34.9 Å². The quantitative estimate of drug-likeness (QED) is 0.378. The zero-order valence-electron chi connectivity index (χ0n) is 18.6. The second-order valence-corrected chi connectivity index (χ2v) is 9.78.